The Labute approximate surface area is 220 Å². The van der Waals surface area contributed by atoms with Crippen LogP contribution in [-0.2, 0) is 23.1 Å². The van der Waals surface area contributed by atoms with Gasteiger partial charge in [-0.05, 0) is 41.1 Å². The summed E-state index contributed by atoms with van der Waals surface area (Å²) in [5, 5.41) is 18.9. The lowest BCUT2D eigenvalue weighted by molar-refractivity contribution is 0.489. The molecule has 36 heavy (non-hydrogen) atoms. The van der Waals surface area contributed by atoms with Crippen LogP contribution in [0, 0.1) is 0 Å². The molecule has 12 heteroatoms. The summed E-state index contributed by atoms with van der Waals surface area (Å²) in [6.45, 7) is 0. The molecule has 3 N–H and O–H groups in total. The van der Waals surface area contributed by atoms with Crippen molar-refractivity contribution in [3.05, 3.63) is 99.3 Å². The fourth-order valence-electron chi connectivity index (χ4n) is 3.59. The van der Waals surface area contributed by atoms with Crippen molar-refractivity contribution < 1.29 is 13.0 Å². The van der Waals surface area contributed by atoms with Crippen LogP contribution in [0.2, 0.25) is 0 Å². The third-order valence-electron chi connectivity index (χ3n) is 5.21. The van der Waals surface area contributed by atoms with E-state index in [1.807, 2.05) is 47.2 Å². The Bertz CT molecular complexity index is 1520. The van der Waals surface area contributed by atoms with Crippen molar-refractivity contribution in [1.29, 1.82) is 0 Å². The number of hydrogen-bond acceptors (Lipinski definition) is 9. The zero-order valence-electron chi connectivity index (χ0n) is 18.7. The number of rotatable bonds is 10. The van der Waals surface area contributed by atoms with Gasteiger partial charge in [-0.15, -0.1) is 32.9 Å². The van der Waals surface area contributed by atoms with E-state index in [1.165, 1.54) is 16.9 Å². The van der Waals surface area contributed by atoms with Crippen LogP contribution >= 0.6 is 34.0 Å². The molecular formula is C24H21N5O3S4. The molecule has 0 aliphatic carbocycles. The highest BCUT2D eigenvalue weighted by atomic mass is 32.2. The first-order valence-electron chi connectivity index (χ1n) is 10.9. The first kappa shape index (κ1) is 24.5. The second-order valence-electron chi connectivity index (χ2n) is 7.89. The van der Waals surface area contributed by atoms with E-state index in [4.69, 9.17) is 9.54 Å². The number of thiophene rings is 1. The summed E-state index contributed by atoms with van der Waals surface area (Å²) >= 11 is 4.76. The smallest absolute Gasteiger partial charge is 0.351 e. The van der Waals surface area contributed by atoms with Gasteiger partial charge >= 0.3 is 10.3 Å². The molecule has 0 unspecified atom stereocenters. The molecule has 8 nitrogen and oxygen atoms in total. The molecule has 5 aromatic rings. The van der Waals surface area contributed by atoms with E-state index in [1.54, 1.807) is 34.8 Å². The molecule has 5 rings (SSSR count). The van der Waals surface area contributed by atoms with Crippen molar-refractivity contribution >= 4 is 55.1 Å². The Morgan fingerprint density at radius 3 is 2.44 bits per heavy atom. The van der Waals surface area contributed by atoms with E-state index in [0.29, 0.717) is 18.0 Å². The van der Waals surface area contributed by atoms with Crippen LogP contribution in [0.25, 0.3) is 9.88 Å². The standard InChI is InChI=1S/C24H21N5O3S4/c30-36(31,32)29-18-10-8-17(9-11-18)13-19(20-15-34-23(25-20)21-7-4-12-33-21)26-24-28-27-22(35-24)14-16-5-2-1-3-6-16/h1-12,15,19,29H,13-14H2,(H,26,28)(H,30,31,32)/t19-/m0/s1. The Hall–Kier alpha value is -3.16. The Morgan fingerprint density at radius 1 is 0.917 bits per heavy atom. The van der Waals surface area contributed by atoms with Gasteiger partial charge in [0.15, 0.2) is 0 Å². The van der Waals surface area contributed by atoms with Gasteiger partial charge in [0.05, 0.1) is 22.3 Å². The number of aromatic nitrogens is 3. The predicted octanol–water partition coefficient (Wildman–Crippen LogP) is 5.92. The van der Waals surface area contributed by atoms with Gasteiger partial charge in [0.25, 0.3) is 0 Å². The Kier molecular flexibility index (Phi) is 7.39. The lowest BCUT2D eigenvalue weighted by Crippen LogP contribution is -2.14. The molecule has 0 aliphatic heterocycles. The Balaban J connectivity index is 1.37. The molecule has 0 aliphatic rings. The summed E-state index contributed by atoms with van der Waals surface area (Å²) in [4.78, 5) is 6.00. The number of nitrogens with zero attached hydrogens (tertiary/aromatic N) is 3. The molecular weight excluding hydrogens is 535 g/mol. The third kappa shape index (κ3) is 6.53. The molecule has 184 valence electrons. The molecule has 0 saturated carbocycles. The first-order valence-corrected chi connectivity index (χ1v) is 14.9. The van der Waals surface area contributed by atoms with Crippen LogP contribution in [0.4, 0.5) is 10.8 Å². The summed E-state index contributed by atoms with van der Waals surface area (Å²) in [5.41, 5.74) is 3.32. The molecule has 1 atom stereocenters. The van der Waals surface area contributed by atoms with E-state index < -0.39 is 10.3 Å². The molecule has 0 spiro atoms. The van der Waals surface area contributed by atoms with Crippen LogP contribution in [-0.4, -0.2) is 28.2 Å². The summed E-state index contributed by atoms with van der Waals surface area (Å²) < 4.78 is 33.2. The van der Waals surface area contributed by atoms with E-state index >= 15 is 0 Å². The molecule has 2 aromatic carbocycles. The minimum Gasteiger partial charge on any atom is -0.351 e. The summed E-state index contributed by atoms with van der Waals surface area (Å²) in [6, 6.07) is 20.9. The highest BCUT2D eigenvalue weighted by Crippen LogP contribution is 2.33. The quantitative estimate of drug-likeness (QED) is 0.183. The number of nitrogens with one attached hydrogen (secondary N) is 2. The van der Waals surface area contributed by atoms with Crippen LogP contribution in [0.1, 0.15) is 27.9 Å². The van der Waals surface area contributed by atoms with Gasteiger partial charge in [0.2, 0.25) is 5.13 Å². The zero-order valence-corrected chi connectivity index (χ0v) is 22.0. The first-order chi connectivity index (χ1) is 17.4. The van der Waals surface area contributed by atoms with E-state index in [2.05, 4.69) is 38.4 Å². The predicted molar refractivity (Wildman–Crippen MR) is 146 cm³/mol. The molecule has 0 amide bonds. The van der Waals surface area contributed by atoms with E-state index in [9.17, 15) is 8.42 Å². The van der Waals surface area contributed by atoms with Crippen molar-refractivity contribution in [3.63, 3.8) is 0 Å². The fraction of sp³-hybridized carbons (Fsp3) is 0.125. The molecule has 3 heterocycles. The van der Waals surface area contributed by atoms with Crippen molar-refractivity contribution in [1.82, 2.24) is 15.2 Å². The maximum absolute atomic E-state index is 11.1. The Morgan fingerprint density at radius 2 is 1.72 bits per heavy atom. The highest BCUT2D eigenvalue weighted by Gasteiger charge is 2.19. The van der Waals surface area contributed by atoms with Gasteiger partial charge in [-0.2, -0.15) is 8.42 Å². The minimum absolute atomic E-state index is 0.173. The minimum atomic E-state index is -4.32. The summed E-state index contributed by atoms with van der Waals surface area (Å²) in [6.07, 6.45) is 1.31. The largest absolute Gasteiger partial charge is 0.357 e. The van der Waals surface area contributed by atoms with E-state index in [-0.39, 0.29) is 11.7 Å². The van der Waals surface area contributed by atoms with Crippen molar-refractivity contribution in [3.8, 4) is 9.88 Å². The highest BCUT2D eigenvalue weighted by molar-refractivity contribution is 7.87. The van der Waals surface area contributed by atoms with Gasteiger partial charge in [0.1, 0.15) is 10.0 Å². The van der Waals surface area contributed by atoms with Crippen LogP contribution in [0.3, 0.4) is 0 Å². The lowest BCUT2D eigenvalue weighted by atomic mass is 10.0. The zero-order chi connectivity index (χ0) is 25.0. The van der Waals surface area contributed by atoms with E-state index in [0.717, 1.165) is 26.1 Å². The van der Waals surface area contributed by atoms with Crippen LogP contribution in [0.5, 0.6) is 0 Å². The number of thiazole rings is 1. The second kappa shape index (κ2) is 10.8. The lowest BCUT2D eigenvalue weighted by Gasteiger charge is -2.16. The van der Waals surface area contributed by atoms with Gasteiger partial charge in [0, 0.05) is 11.8 Å². The maximum Gasteiger partial charge on any atom is 0.357 e. The van der Waals surface area contributed by atoms with Crippen molar-refractivity contribution in [2.75, 3.05) is 10.0 Å². The average Bonchev–Trinajstić information content (AvgIpc) is 3.62. The monoisotopic (exact) mass is 555 g/mol. The van der Waals surface area contributed by atoms with Gasteiger partial charge < -0.3 is 5.32 Å². The SMILES string of the molecule is O=S(=O)(O)Nc1ccc(C[C@H](Nc2nnc(Cc3ccccc3)s2)c2csc(-c3cccs3)n2)cc1. The number of anilines is 2. The molecule has 0 radical (unpaired) electrons. The van der Waals surface area contributed by atoms with Gasteiger partial charge in [-0.1, -0.05) is 59.9 Å². The third-order valence-corrected chi connectivity index (χ3v) is 8.46. The number of hydrogen-bond donors (Lipinski definition) is 3. The maximum atomic E-state index is 11.1. The molecule has 0 fully saturated rings. The van der Waals surface area contributed by atoms with Crippen molar-refractivity contribution in [2.24, 2.45) is 0 Å². The average molecular weight is 556 g/mol. The molecule has 3 aromatic heterocycles. The molecule has 0 saturated heterocycles. The van der Waals surface area contributed by atoms with Crippen LogP contribution < -0.4 is 10.0 Å². The fourth-order valence-corrected chi connectivity index (χ4v) is 6.53. The molecule has 0 bridgehead atoms. The topological polar surface area (TPSA) is 117 Å². The summed E-state index contributed by atoms with van der Waals surface area (Å²) in [5.74, 6) is 0. The van der Waals surface area contributed by atoms with Gasteiger partial charge in [-0.3, -0.25) is 9.27 Å². The summed E-state index contributed by atoms with van der Waals surface area (Å²) in [7, 11) is -4.32. The number of benzene rings is 2. The van der Waals surface area contributed by atoms with Crippen molar-refractivity contribution in [2.45, 2.75) is 18.9 Å². The van der Waals surface area contributed by atoms with Gasteiger partial charge in [-0.25, -0.2) is 4.98 Å². The normalized spacial score (nSPS) is 12.4. The second-order valence-corrected chi connectivity index (χ2v) is 11.9. The van der Waals surface area contributed by atoms with Crippen LogP contribution in [0.15, 0.2) is 77.5 Å².